The standard InChI is InChI=1S/C10H21NO2S/c1-10(2,6-7-14(3,12)13)8-11-9-4-5-9/h9,11H,4-8H2,1-3H3. The molecular formula is C10H21NO2S. The van der Waals surface area contributed by atoms with Gasteiger partial charge in [-0.1, -0.05) is 13.8 Å². The molecule has 0 atom stereocenters. The Morgan fingerprint density at radius 3 is 2.36 bits per heavy atom. The van der Waals surface area contributed by atoms with Gasteiger partial charge in [-0.15, -0.1) is 0 Å². The minimum absolute atomic E-state index is 0.0890. The van der Waals surface area contributed by atoms with Gasteiger partial charge >= 0.3 is 0 Å². The maximum Gasteiger partial charge on any atom is 0.147 e. The van der Waals surface area contributed by atoms with Crippen molar-refractivity contribution in [3.8, 4) is 0 Å². The van der Waals surface area contributed by atoms with E-state index >= 15 is 0 Å². The third-order valence-corrected chi connectivity index (χ3v) is 3.54. The molecule has 4 heteroatoms. The first-order valence-electron chi connectivity index (χ1n) is 5.20. The monoisotopic (exact) mass is 219 g/mol. The summed E-state index contributed by atoms with van der Waals surface area (Å²) in [5.41, 5.74) is 0.0890. The first-order valence-corrected chi connectivity index (χ1v) is 7.26. The fourth-order valence-electron chi connectivity index (χ4n) is 1.26. The van der Waals surface area contributed by atoms with Crippen molar-refractivity contribution in [1.82, 2.24) is 5.32 Å². The van der Waals surface area contributed by atoms with Crippen LogP contribution < -0.4 is 5.32 Å². The van der Waals surface area contributed by atoms with Gasteiger partial charge in [0.1, 0.15) is 9.84 Å². The molecule has 1 fully saturated rings. The van der Waals surface area contributed by atoms with Crippen LogP contribution in [0.4, 0.5) is 0 Å². The molecule has 0 radical (unpaired) electrons. The van der Waals surface area contributed by atoms with Crippen LogP contribution in [0, 0.1) is 5.41 Å². The van der Waals surface area contributed by atoms with E-state index in [9.17, 15) is 8.42 Å². The highest BCUT2D eigenvalue weighted by Crippen LogP contribution is 2.24. The summed E-state index contributed by atoms with van der Waals surface area (Å²) >= 11 is 0. The molecule has 14 heavy (non-hydrogen) atoms. The fourth-order valence-corrected chi connectivity index (χ4v) is 2.18. The summed E-state index contributed by atoms with van der Waals surface area (Å²) in [4.78, 5) is 0. The molecular weight excluding hydrogens is 198 g/mol. The van der Waals surface area contributed by atoms with Crippen molar-refractivity contribution < 1.29 is 8.42 Å². The van der Waals surface area contributed by atoms with Gasteiger partial charge in [-0.05, 0) is 24.7 Å². The van der Waals surface area contributed by atoms with Crippen molar-refractivity contribution in [3.05, 3.63) is 0 Å². The maximum atomic E-state index is 11.0. The lowest BCUT2D eigenvalue weighted by Crippen LogP contribution is -2.32. The summed E-state index contributed by atoms with van der Waals surface area (Å²) in [5, 5.41) is 3.44. The van der Waals surface area contributed by atoms with Crippen LogP contribution in [0.2, 0.25) is 0 Å². The van der Waals surface area contributed by atoms with Crippen LogP contribution in [0.3, 0.4) is 0 Å². The molecule has 1 saturated carbocycles. The summed E-state index contributed by atoms with van der Waals surface area (Å²) in [5.74, 6) is 0.298. The van der Waals surface area contributed by atoms with Gasteiger partial charge in [-0.3, -0.25) is 0 Å². The van der Waals surface area contributed by atoms with Gasteiger partial charge in [-0.25, -0.2) is 8.42 Å². The van der Waals surface area contributed by atoms with Gasteiger partial charge in [0, 0.05) is 18.8 Å². The van der Waals surface area contributed by atoms with Crippen molar-refractivity contribution in [1.29, 1.82) is 0 Å². The Kier molecular flexibility index (Phi) is 3.58. The first-order chi connectivity index (χ1) is 6.29. The Morgan fingerprint density at radius 1 is 1.36 bits per heavy atom. The molecule has 0 aliphatic heterocycles. The van der Waals surface area contributed by atoms with Crippen LogP contribution in [-0.2, 0) is 9.84 Å². The van der Waals surface area contributed by atoms with Crippen LogP contribution >= 0.6 is 0 Å². The summed E-state index contributed by atoms with van der Waals surface area (Å²) in [7, 11) is -2.81. The van der Waals surface area contributed by atoms with Crippen molar-refractivity contribution in [2.24, 2.45) is 5.41 Å². The predicted molar refractivity (Wildman–Crippen MR) is 59.1 cm³/mol. The molecule has 0 aromatic carbocycles. The number of rotatable bonds is 6. The molecule has 0 saturated heterocycles. The second-order valence-corrected chi connectivity index (χ2v) is 7.46. The van der Waals surface area contributed by atoms with Crippen LogP contribution in [0.25, 0.3) is 0 Å². The lowest BCUT2D eigenvalue weighted by molar-refractivity contribution is 0.328. The third kappa shape index (κ3) is 5.60. The predicted octanol–water partition coefficient (Wildman–Crippen LogP) is 1.20. The highest BCUT2D eigenvalue weighted by molar-refractivity contribution is 7.90. The summed E-state index contributed by atoms with van der Waals surface area (Å²) in [6.45, 7) is 5.16. The molecule has 1 aliphatic rings. The topological polar surface area (TPSA) is 46.2 Å². The van der Waals surface area contributed by atoms with E-state index in [4.69, 9.17) is 0 Å². The zero-order valence-electron chi connectivity index (χ0n) is 9.34. The molecule has 0 spiro atoms. The molecule has 0 bridgehead atoms. The number of sulfone groups is 1. The van der Waals surface area contributed by atoms with E-state index in [0.717, 1.165) is 13.0 Å². The van der Waals surface area contributed by atoms with E-state index in [2.05, 4.69) is 19.2 Å². The average Bonchev–Trinajstić information content (AvgIpc) is 2.79. The van der Waals surface area contributed by atoms with Crippen molar-refractivity contribution >= 4 is 9.84 Å². The lowest BCUT2D eigenvalue weighted by atomic mass is 9.90. The lowest BCUT2D eigenvalue weighted by Gasteiger charge is -2.24. The molecule has 1 N–H and O–H groups in total. The van der Waals surface area contributed by atoms with Crippen LogP contribution in [0.5, 0.6) is 0 Å². The molecule has 0 amide bonds. The highest BCUT2D eigenvalue weighted by atomic mass is 32.2. The highest BCUT2D eigenvalue weighted by Gasteiger charge is 2.25. The van der Waals surface area contributed by atoms with Gasteiger partial charge in [0.2, 0.25) is 0 Å². The average molecular weight is 219 g/mol. The normalized spacial score (nSPS) is 18.5. The van der Waals surface area contributed by atoms with E-state index in [1.807, 2.05) is 0 Å². The number of nitrogens with one attached hydrogen (secondary N) is 1. The largest absolute Gasteiger partial charge is 0.313 e. The molecule has 84 valence electrons. The Hall–Kier alpha value is -0.0900. The quantitative estimate of drug-likeness (QED) is 0.730. The molecule has 1 aliphatic carbocycles. The molecule has 3 nitrogen and oxygen atoms in total. The van der Waals surface area contributed by atoms with E-state index in [1.165, 1.54) is 19.1 Å². The minimum atomic E-state index is -2.81. The Bertz CT molecular complexity index is 278. The first kappa shape index (κ1) is 12.0. The SMILES string of the molecule is CC(C)(CCS(C)(=O)=O)CNC1CC1. The van der Waals surface area contributed by atoms with Crippen molar-refractivity contribution in [2.75, 3.05) is 18.6 Å². The van der Waals surface area contributed by atoms with Gasteiger partial charge in [0.15, 0.2) is 0 Å². The molecule has 0 aromatic rings. The van der Waals surface area contributed by atoms with E-state index in [-0.39, 0.29) is 5.41 Å². The number of hydrogen-bond acceptors (Lipinski definition) is 3. The molecule has 1 rings (SSSR count). The number of hydrogen-bond donors (Lipinski definition) is 1. The third-order valence-electron chi connectivity index (χ3n) is 2.60. The Balaban J connectivity index is 2.24. The maximum absolute atomic E-state index is 11.0. The fraction of sp³-hybridized carbons (Fsp3) is 1.00. The van der Waals surface area contributed by atoms with E-state index < -0.39 is 9.84 Å². The Labute approximate surface area is 87.2 Å². The Morgan fingerprint density at radius 2 is 1.93 bits per heavy atom. The van der Waals surface area contributed by atoms with Crippen LogP contribution in [0.15, 0.2) is 0 Å². The van der Waals surface area contributed by atoms with Crippen molar-refractivity contribution in [2.45, 2.75) is 39.2 Å². The summed E-state index contributed by atoms with van der Waals surface area (Å²) in [6.07, 6.45) is 4.60. The molecule has 0 heterocycles. The zero-order chi connectivity index (χ0) is 10.8. The van der Waals surface area contributed by atoms with Gasteiger partial charge < -0.3 is 5.32 Å². The zero-order valence-corrected chi connectivity index (χ0v) is 10.2. The van der Waals surface area contributed by atoms with Gasteiger partial charge in [-0.2, -0.15) is 0 Å². The second-order valence-electron chi connectivity index (χ2n) is 5.20. The van der Waals surface area contributed by atoms with Gasteiger partial charge in [0.25, 0.3) is 0 Å². The van der Waals surface area contributed by atoms with Crippen LogP contribution in [0.1, 0.15) is 33.1 Å². The molecule has 0 unspecified atom stereocenters. The molecule has 0 aromatic heterocycles. The summed E-state index contributed by atoms with van der Waals surface area (Å²) in [6, 6.07) is 0.701. The summed E-state index contributed by atoms with van der Waals surface area (Å²) < 4.78 is 22.0. The van der Waals surface area contributed by atoms with Crippen molar-refractivity contribution in [3.63, 3.8) is 0 Å². The van der Waals surface area contributed by atoms with E-state index in [1.54, 1.807) is 0 Å². The second kappa shape index (κ2) is 4.19. The van der Waals surface area contributed by atoms with Crippen LogP contribution in [-0.4, -0.2) is 33.0 Å². The minimum Gasteiger partial charge on any atom is -0.313 e. The smallest absolute Gasteiger partial charge is 0.147 e. The van der Waals surface area contributed by atoms with Gasteiger partial charge in [0.05, 0.1) is 5.75 Å². The van der Waals surface area contributed by atoms with E-state index in [0.29, 0.717) is 11.8 Å².